The van der Waals surface area contributed by atoms with E-state index in [4.69, 9.17) is 34.8 Å². The highest BCUT2D eigenvalue weighted by Gasteiger charge is 2.20. The molecule has 0 nitrogen and oxygen atoms in total. The number of halogens is 5. The van der Waals surface area contributed by atoms with Crippen LogP contribution in [0.2, 0.25) is 10.0 Å². The number of alkyl halides is 1. The van der Waals surface area contributed by atoms with E-state index >= 15 is 0 Å². The Kier molecular flexibility index (Phi) is 4.34. The Labute approximate surface area is 124 Å². The summed E-state index contributed by atoms with van der Waals surface area (Å²) in [5.41, 5.74) is 0.703. The summed E-state index contributed by atoms with van der Waals surface area (Å²) >= 11 is 18.1. The summed E-state index contributed by atoms with van der Waals surface area (Å²) in [6.07, 6.45) is 0. The first-order chi connectivity index (χ1) is 8.91. The molecule has 19 heavy (non-hydrogen) atoms. The molecule has 0 aliphatic heterocycles. The van der Waals surface area contributed by atoms with E-state index in [1.165, 1.54) is 6.92 Å². The van der Waals surface area contributed by atoms with Crippen LogP contribution in [-0.2, 0) is 0 Å². The first kappa shape index (κ1) is 14.6. The third kappa shape index (κ3) is 2.86. The van der Waals surface area contributed by atoms with Crippen LogP contribution in [0.3, 0.4) is 0 Å². The van der Waals surface area contributed by atoms with E-state index in [1.54, 1.807) is 18.2 Å². The molecule has 0 aromatic heterocycles. The number of aryl methyl sites for hydroxylation is 1. The van der Waals surface area contributed by atoms with E-state index in [1.807, 2.05) is 0 Å². The van der Waals surface area contributed by atoms with Crippen molar-refractivity contribution in [3.05, 3.63) is 68.7 Å². The topological polar surface area (TPSA) is 0 Å². The maximum atomic E-state index is 13.9. The van der Waals surface area contributed by atoms with Crippen LogP contribution >= 0.6 is 34.8 Å². The molecular weight excluding hydrogens is 313 g/mol. The molecule has 0 aliphatic carbocycles. The highest BCUT2D eigenvalue weighted by Crippen LogP contribution is 2.38. The largest absolute Gasteiger partial charge is 0.207 e. The lowest BCUT2D eigenvalue weighted by molar-refractivity contribution is 0.580. The molecule has 0 amide bonds. The van der Waals surface area contributed by atoms with Gasteiger partial charge in [0.05, 0.1) is 15.4 Å². The van der Waals surface area contributed by atoms with Crippen LogP contribution in [0.15, 0.2) is 30.3 Å². The fourth-order valence-corrected chi connectivity index (χ4v) is 2.56. The van der Waals surface area contributed by atoms with Crippen molar-refractivity contribution in [3.63, 3.8) is 0 Å². The standard InChI is InChI=1S/C14H9Cl3F2/c1-7-5-12(19)9(6-11(7)18)13(16)8-3-2-4-10(15)14(8)17/h2-6,13H,1H3. The van der Waals surface area contributed by atoms with Crippen LogP contribution in [0.25, 0.3) is 0 Å². The summed E-state index contributed by atoms with van der Waals surface area (Å²) in [5.74, 6) is -1.09. The van der Waals surface area contributed by atoms with E-state index in [9.17, 15) is 8.78 Å². The van der Waals surface area contributed by atoms with Gasteiger partial charge in [0.25, 0.3) is 0 Å². The van der Waals surface area contributed by atoms with E-state index in [2.05, 4.69) is 0 Å². The molecule has 0 saturated carbocycles. The molecule has 2 aromatic rings. The molecule has 1 unspecified atom stereocenters. The highest BCUT2D eigenvalue weighted by molar-refractivity contribution is 6.43. The van der Waals surface area contributed by atoms with E-state index < -0.39 is 17.0 Å². The lowest BCUT2D eigenvalue weighted by Gasteiger charge is -2.14. The number of hydrogen-bond donors (Lipinski definition) is 0. The average molecular weight is 322 g/mol. The summed E-state index contributed by atoms with van der Waals surface area (Å²) in [5, 5.41) is -0.344. The number of hydrogen-bond acceptors (Lipinski definition) is 0. The van der Waals surface area contributed by atoms with Crippen molar-refractivity contribution in [2.24, 2.45) is 0 Å². The average Bonchev–Trinajstić information content (AvgIpc) is 2.36. The van der Waals surface area contributed by atoms with Gasteiger partial charge in [0.1, 0.15) is 11.6 Å². The van der Waals surface area contributed by atoms with Gasteiger partial charge in [-0.05, 0) is 36.2 Å². The van der Waals surface area contributed by atoms with Crippen molar-refractivity contribution >= 4 is 34.8 Å². The number of rotatable bonds is 2. The first-order valence-corrected chi connectivity index (χ1v) is 6.64. The van der Waals surface area contributed by atoms with Gasteiger partial charge in [-0.2, -0.15) is 0 Å². The molecule has 0 bridgehead atoms. The zero-order valence-electron chi connectivity index (χ0n) is 9.85. The van der Waals surface area contributed by atoms with Crippen molar-refractivity contribution in [1.82, 2.24) is 0 Å². The Bertz CT molecular complexity index is 626. The Balaban J connectivity index is 2.53. The second-order valence-electron chi connectivity index (χ2n) is 4.13. The fourth-order valence-electron chi connectivity index (χ4n) is 1.74. The molecule has 1 atom stereocenters. The third-order valence-corrected chi connectivity index (χ3v) is 4.11. The van der Waals surface area contributed by atoms with Crippen molar-refractivity contribution < 1.29 is 8.78 Å². The minimum Gasteiger partial charge on any atom is -0.207 e. The molecule has 0 heterocycles. The summed E-state index contributed by atoms with van der Waals surface area (Å²) in [7, 11) is 0. The lowest BCUT2D eigenvalue weighted by Crippen LogP contribution is -2.00. The minimum atomic E-state index is -0.902. The summed E-state index contributed by atoms with van der Waals surface area (Å²) in [4.78, 5) is 0. The van der Waals surface area contributed by atoms with E-state index in [0.29, 0.717) is 10.6 Å². The molecule has 0 spiro atoms. The van der Waals surface area contributed by atoms with Gasteiger partial charge in [0.15, 0.2) is 0 Å². The molecule has 5 heteroatoms. The zero-order chi connectivity index (χ0) is 14.2. The predicted octanol–water partition coefficient (Wildman–Crippen LogP) is 5.91. The van der Waals surface area contributed by atoms with Crippen molar-refractivity contribution in [3.8, 4) is 0 Å². The second kappa shape index (κ2) is 5.66. The lowest BCUT2D eigenvalue weighted by atomic mass is 10.0. The molecule has 0 radical (unpaired) electrons. The van der Waals surface area contributed by atoms with Crippen LogP contribution < -0.4 is 0 Å². The van der Waals surface area contributed by atoms with Gasteiger partial charge < -0.3 is 0 Å². The molecule has 2 aromatic carbocycles. The Morgan fingerprint density at radius 1 is 1.00 bits per heavy atom. The van der Waals surface area contributed by atoms with Gasteiger partial charge in [-0.1, -0.05) is 35.3 Å². The van der Waals surface area contributed by atoms with E-state index in [0.717, 1.165) is 12.1 Å². The minimum absolute atomic E-state index is 0.0360. The van der Waals surface area contributed by atoms with Crippen LogP contribution in [-0.4, -0.2) is 0 Å². The Morgan fingerprint density at radius 2 is 1.68 bits per heavy atom. The van der Waals surface area contributed by atoms with Crippen LogP contribution in [0, 0.1) is 18.6 Å². The van der Waals surface area contributed by atoms with Crippen LogP contribution in [0.1, 0.15) is 22.1 Å². The molecule has 100 valence electrons. The highest BCUT2D eigenvalue weighted by atomic mass is 35.5. The zero-order valence-corrected chi connectivity index (χ0v) is 12.1. The smallest absolute Gasteiger partial charge is 0.128 e. The fraction of sp³-hybridized carbons (Fsp3) is 0.143. The first-order valence-electron chi connectivity index (χ1n) is 5.45. The van der Waals surface area contributed by atoms with Gasteiger partial charge >= 0.3 is 0 Å². The monoisotopic (exact) mass is 320 g/mol. The summed E-state index contributed by atoms with van der Waals surface area (Å²) < 4.78 is 27.4. The molecule has 0 saturated heterocycles. The third-order valence-electron chi connectivity index (χ3n) is 2.81. The molecular formula is C14H9Cl3F2. The normalized spacial score (nSPS) is 12.5. The van der Waals surface area contributed by atoms with Crippen LogP contribution in [0.5, 0.6) is 0 Å². The number of benzene rings is 2. The summed E-state index contributed by atoms with van der Waals surface area (Å²) in [6, 6.07) is 7.08. The van der Waals surface area contributed by atoms with Gasteiger partial charge in [-0.25, -0.2) is 8.78 Å². The second-order valence-corrected chi connectivity index (χ2v) is 5.35. The van der Waals surface area contributed by atoms with Gasteiger partial charge in [-0.3, -0.25) is 0 Å². The van der Waals surface area contributed by atoms with Crippen molar-refractivity contribution in [2.75, 3.05) is 0 Å². The molecule has 0 N–H and O–H groups in total. The Hall–Kier alpha value is -0.830. The predicted molar refractivity (Wildman–Crippen MR) is 75.3 cm³/mol. The maximum absolute atomic E-state index is 13.9. The van der Waals surface area contributed by atoms with Crippen molar-refractivity contribution in [1.29, 1.82) is 0 Å². The molecule has 0 fully saturated rings. The molecule has 0 aliphatic rings. The van der Waals surface area contributed by atoms with E-state index in [-0.39, 0.29) is 16.1 Å². The quantitative estimate of drug-likeness (QED) is 0.603. The van der Waals surface area contributed by atoms with Crippen molar-refractivity contribution in [2.45, 2.75) is 12.3 Å². The van der Waals surface area contributed by atoms with Crippen LogP contribution in [0.4, 0.5) is 8.78 Å². The van der Waals surface area contributed by atoms with Gasteiger partial charge in [-0.15, -0.1) is 11.6 Å². The SMILES string of the molecule is Cc1cc(F)c(C(Cl)c2cccc(Cl)c2Cl)cc1F. The maximum Gasteiger partial charge on any atom is 0.128 e. The molecule has 2 rings (SSSR count). The summed E-state index contributed by atoms with van der Waals surface area (Å²) in [6.45, 7) is 1.48. The van der Waals surface area contributed by atoms with Gasteiger partial charge in [0.2, 0.25) is 0 Å². The van der Waals surface area contributed by atoms with Gasteiger partial charge in [0, 0.05) is 5.56 Å². The Morgan fingerprint density at radius 3 is 2.37 bits per heavy atom.